The molecule has 2 bridgehead atoms. The maximum Gasteiger partial charge on any atom is 0.322 e. The maximum absolute atomic E-state index is 14.0. The number of H-pyrrole nitrogens is 1. The zero-order chi connectivity index (χ0) is 33.1. The van der Waals surface area contributed by atoms with Gasteiger partial charge in [0.1, 0.15) is 6.54 Å². The highest BCUT2D eigenvalue weighted by Gasteiger charge is 2.62. The third kappa shape index (κ3) is 5.36. The number of allylic oxidation sites excluding steroid dienone is 1. The Morgan fingerprint density at radius 1 is 1.00 bits per heavy atom. The Morgan fingerprint density at radius 3 is 2.48 bits per heavy atom. The SMILES string of the molecule is C=C(C)[C@@H]1CCC2(C(=O)NCC(=O)O)CC[C@]3(C)C(CCCCC4C3(C)CCC(C)[C@]4(C)Cc3c(C)[nH]c4ccccc34)CC1C2. The Kier molecular flexibility index (Phi) is 8.81. The number of carboxylic acids is 1. The van der Waals surface area contributed by atoms with Crippen LogP contribution < -0.4 is 5.32 Å². The highest BCUT2D eigenvalue weighted by atomic mass is 16.4. The number of nitrogens with one attached hydrogen (secondary N) is 2. The van der Waals surface area contributed by atoms with Crippen LogP contribution in [0, 0.1) is 58.2 Å². The zero-order valence-electron chi connectivity index (χ0n) is 29.6. The van der Waals surface area contributed by atoms with Gasteiger partial charge in [-0.05, 0) is 142 Å². The number of aryl methyl sites for hydroxylation is 1. The summed E-state index contributed by atoms with van der Waals surface area (Å²) in [4.78, 5) is 29.2. The van der Waals surface area contributed by atoms with E-state index in [0.29, 0.717) is 29.6 Å². The second-order valence-corrected chi connectivity index (χ2v) is 17.3. The molecule has 2 aromatic rings. The van der Waals surface area contributed by atoms with E-state index in [1.54, 1.807) is 0 Å². The number of aromatic amines is 1. The molecule has 4 saturated carbocycles. The molecule has 0 radical (unpaired) electrons. The maximum atomic E-state index is 14.0. The van der Waals surface area contributed by atoms with E-state index in [-0.39, 0.29) is 28.7 Å². The third-order valence-corrected chi connectivity index (χ3v) is 15.3. The molecule has 46 heavy (non-hydrogen) atoms. The third-order valence-electron chi connectivity index (χ3n) is 15.3. The summed E-state index contributed by atoms with van der Waals surface area (Å²) in [6, 6.07) is 8.84. The van der Waals surface area contributed by atoms with Gasteiger partial charge in [-0.1, -0.05) is 70.9 Å². The van der Waals surface area contributed by atoms with Gasteiger partial charge in [0.2, 0.25) is 5.91 Å². The monoisotopic (exact) mass is 628 g/mol. The van der Waals surface area contributed by atoms with E-state index in [2.05, 4.69) is 82.7 Å². The van der Waals surface area contributed by atoms with Crippen molar-refractivity contribution >= 4 is 22.8 Å². The van der Waals surface area contributed by atoms with E-state index in [1.165, 1.54) is 66.3 Å². The number of aromatic nitrogens is 1. The van der Waals surface area contributed by atoms with Gasteiger partial charge in [-0.15, -0.1) is 0 Å². The number of fused-ring (bicyclic) bond motifs is 6. The number of hydrogen-bond acceptors (Lipinski definition) is 2. The summed E-state index contributed by atoms with van der Waals surface area (Å²) in [6.45, 7) is 19.1. The lowest BCUT2D eigenvalue weighted by atomic mass is 9.38. The van der Waals surface area contributed by atoms with Crippen molar-refractivity contribution in [1.82, 2.24) is 10.3 Å². The van der Waals surface area contributed by atoms with Crippen LogP contribution in [-0.2, 0) is 16.0 Å². The second kappa shape index (κ2) is 12.2. The van der Waals surface area contributed by atoms with E-state index in [1.807, 2.05) is 0 Å². The molecule has 0 saturated heterocycles. The van der Waals surface area contributed by atoms with Crippen molar-refractivity contribution in [2.75, 3.05) is 6.54 Å². The molecule has 4 aliphatic rings. The molecule has 4 aliphatic carbocycles. The molecule has 1 heterocycles. The number of carbonyl (C=O) groups excluding carboxylic acids is 1. The van der Waals surface area contributed by atoms with Gasteiger partial charge >= 0.3 is 5.97 Å². The molecule has 5 heteroatoms. The number of aliphatic carboxylic acids is 1. The minimum absolute atomic E-state index is 0.0217. The van der Waals surface area contributed by atoms with E-state index in [9.17, 15) is 14.7 Å². The van der Waals surface area contributed by atoms with E-state index >= 15 is 0 Å². The summed E-state index contributed by atoms with van der Waals surface area (Å²) in [5.41, 5.74) is 5.27. The number of para-hydroxylation sites is 1. The molecule has 5 nitrogen and oxygen atoms in total. The fourth-order valence-corrected chi connectivity index (χ4v) is 12.1. The lowest BCUT2D eigenvalue weighted by molar-refractivity contribution is -0.172. The van der Waals surface area contributed by atoms with Crippen LogP contribution in [0.15, 0.2) is 36.4 Å². The molecule has 6 unspecified atom stereocenters. The minimum atomic E-state index is -0.966. The van der Waals surface area contributed by atoms with Gasteiger partial charge in [0.05, 0.1) is 0 Å². The van der Waals surface area contributed by atoms with Crippen molar-refractivity contribution < 1.29 is 14.7 Å². The molecule has 6 rings (SSSR count). The van der Waals surface area contributed by atoms with Gasteiger partial charge in [0.15, 0.2) is 0 Å². The first kappa shape index (κ1) is 33.3. The number of amides is 1. The average Bonchev–Trinajstić information content (AvgIpc) is 3.32. The second-order valence-electron chi connectivity index (χ2n) is 17.3. The predicted molar refractivity (Wildman–Crippen MR) is 187 cm³/mol. The van der Waals surface area contributed by atoms with Crippen LogP contribution >= 0.6 is 0 Å². The molecule has 9 atom stereocenters. The van der Waals surface area contributed by atoms with Crippen LogP contribution in [0.2, 0.25) is 0 Å². The summed E-state index contributed by atoms with van der Waals surface area (Å²) in [7, 11) is 0. The van der Waals surface area contributed by atoms with Crippen molar-refractivity contribution in [2.45, 2.75) is 125 Å². The quantitative estimate of drug-likeness (QED) is 0.279. The van der Waals surface area contributed by atoms with Crippen molar-refractivity contribution in [2.24, 2.45) is 51.2 Å². The van der Waals surface area contributed by atoms with E-state index in [0.717, 1.165) is 44.9 Å². The Balaban J connectivity index is 1.42. The molecule has 1 aromatic heterocycles. The molecule has 3 N–H and O–H groups in total. The Bertz CT molecular complexity index is 1490. The fraction of sp³-hybridized carbons (Fsp3) is 0.707. The summed E-state index contributed by atoms with van der Waals surface area (Å²) < 4.78 is 0. The largest absolute Gasteiger partial charge is 0.480 e. The normalized spacial score (nSPS) is 39.6. The molecular weight excluding hydrogens is 568 g/mol. The van der Waals surface area contributed by atoms with Crippen molar-refractivity contribution in [3.63, 3.8) is 0 Å². The smallest absolute Gasteiger partial charge is 0.322 e. The van der Waals surface area contributed by atoms with Crippen LogP contribution in [0.1, 0.15) is 123 Å². The average molecular weight is 629 g/mol. The summed E-state index contributed by atoms with van der Waals surface area (Å²) >= 11 is 0. The van der Waals surface area contributed by atoms with Gasteiger partial charge in [0, 0.05) is 22.0 Å². The zero-order valence-corrected chi connectivity index (χ0v) is 29.6. The van der Waals surface area contributed by atoms with Gasteiger partial charge < -0.3 is 15.4 Å². The molecule has 0 spiro atoms. The van der Waals surface area contributed by atoms with Gasteiger partial charge in [0.25, 0.3) is 0 Å². The Morgan fingerprint density at radius 2 is 1.74 bits per heavy atom. The van der Waals surface area contributed by atoms with E-state index < -0.39 is 11.4 Å². The molecule has 252 valence electrons. The van der Waals surface area contributed by atoms with Crippen LogP contribution in [0.3, 0.4) is 0 Å². The lowest BCUT2D eigenvalue weighted by Gasteiger charge is -2.66. The summed E-state index contributed by atoms with van der Waals surface area (Å²) in [5.74, 6) is 1.73. The minimum Gasteiger partial charge on any atom is -0.480 e. The van der Waals surface area contributed by atoms with Crippen LogP contribution in [0.4, 0.5) is 0 Å². The number of benzene rings is 1. The first-order valence-electron chi connectivity index (χ1n) is 18.5. The van der Waals surface area contributed by atoms with Gasteiger partial charge in [-0.25, -0.2) is 0 Å². The molecule has 0 aliphatic heterocycles. The van der Waals surface area contributed by atoms with Crippen molar-refractivity contribution in [1.29, 1.82) is 0 Å². The lowest BCUT2D eigenvalue weighted by Crippen LogP contribution is -2.59. The number of carbonyl (C=O) groups is 2. The Hall–Kier alpha value is -2.56. The van der Waals surface area contributed by atoms with Crippen LogP contribution in [-0.4, -0.2) is 28.5 Å². The first-order valence-corrected chi connectivity index (χ1v) is 18.5. The van der Waals surface area contributed by atoms with Crippen molar-refractivity contribution in [3.8, 4) is 0 Å². The van der Waals surface area contributed by atoms with E-state index in [4.69, 9.17) is 0 Å². The highest BCUT2D eigenvalue weighted by molar-refractivity contribution is 5.86. The van der Waals surface area contributed by atoms with Crippen LogP contribution in [0.25, 0.3) is 10.9 Å². The molecule has 1 aromatic carbocycles. The summed E-state index contributed by atoms with van der Waals surface area (Å²) in [6.07, 6.45) is 14.5. The summed E-state index contributed by atoms with van der Waals surface area (Å²) in [5, 5.41) is 13.7. The number of rotatable bonds is 6. The number of hydrogen-bond donors (Lipinski definition) is 3. The topological polar surface area (TPSA) is 82.2 Å². The highest BCUT2D eigenvalue weighted by Crippen LogP contribution is 2.70. The first-order chi connectivity index (χ1) is 21.7. The van der Waals surface area contributed by atoms with Crippen LogP contribution in [0.5, 0.6) is 0 Å². The Labute approximate surface area is 277 Å². The number of carboxylic acid groups (broad SMARTS) is 1. The fourth-order valence-electron chi connectivity index (χ4n) is 12.1. The van der Waals surface area contributed by atoms with Gasteiger partial charge in [-0.3, -0.25) is 9.59 Å². The molecular formula is C41H60N2O3. The standard InChI is InChI=1S/C41H60N2O3/c1-26(2)31-17-19-41(37(46)42-25-36(44)45)21-20-39(6)30(22-29(31)23-41)12-8-11-15-35-38(5,27(3)16-18-40(35,39)7)24-33-28(4)43-34-14-10-9-13-32(33)34/h9-10,13-14,27,29-31,35,43H,1,8,11-12,15-25H2,2-7H3,(H,42,46)(H,44,45)/t27?,29?,30?,31-,35?,38-,39+,40?,41?/m0/s1. The predicted octanol–water partition coefficient (Wildman–Crippen LogP) is 9.64. The molecule has 4 fully saturated rings. The van der Waals surface area contributed by atoms with Gasteiger partial charge in [-0.2, -0.15) is 0 Å². The van der Waals surface area contributed by atoms with Crippen molar-refractivity contribution in [3.05, 3.63) is 47.7 Å². The molecule has 1 amide bonds.